The van der Waals surface area contributed by atoms with Gasteiger partial charge in [0.25, 0.3) is 0 Å². The third kappa shape index (κ3) is 16.8. The van der Waals surface area contributed by atoms with Crippen LogP contribution in [0.5, 0.6) is 0 Å². The van der Waals surface area contributed by atoms with Crippen molar-refractivity contribution in [2.75, 3.05) is 29.7 Å². The molecule has 0 saturated heterocycles. The molecule has 468 valence electrons. The van der Waals surface area contributed by atoms with Crippen LogP contribution in [-0.4, -0.2) is 98.8 Å². The topological polar surface area (TPSA) is 275 Å². The first-order valence-corrected chi connectivity index (χ1v) is 36.2. The molecule has 0 amide bonds. The number of aliphatic hydroxyl groups excluding tert-OH is 1. The highest BCUT2D eigenvalue weighted by molar-refractivity contribution is 7.92. The number of hydrogen-bond acceptors (Lipinski definition) is 13. The van der Waals surface area contributed by atoms with E-state index in [1.807, 2.05) is 115 Å². The third-order valence-corrected chi connectivity index (χ3v) is 18.4. The maximum absolute atomic E-state index is 11.7. The van der Waals surface area contributed by atoms with Crippen molar-refractivity contribution in [2.45, 2.75) is 47.2 Å². The van der Waals surface area contributed by atoms with Gasteiger partial charge in [-0.1, -0.05) is 103 Å². The van der Waals surface area contributed by atoms with Crippen LogP contribution in [0.25, 0.3) is 66.5 Å². The van der Waals surface area contributed by atoms with E-state index in [1.165, 1.54) is 24.6 Å². The minimum Gasteiger partial charge on any atom is -0.389 e. The van der Waals surface area contributed by atoms with Gasteiger partial charge in [-0.15, -0.1) is 0 Å². The molecule has 6 N–H and O–H groups in total. The number of benzene rings is 9. The molecule has 12 aromatic rings. The second-order valence-corrected chi connectivity index (χ2v) is 30.2. The van der Waals surface area contributed by atoms with Crippen LogP contribution in [0.2, 0.25) is 0 Å². The van der Waals surface area contributed by atoms with Crippen LogP contribution in [0.15, 0.2) is 215 Å². The van der Waals surface area contributed by atoms with Crippen molar-refractivity contribution >= 4 is 78.3 Å². The van der Waals surface area contributed by atoms with E-state index in [2.05, 4.69) is 70.1 Å². The molecule has 0 saturated carbocycles. The summed E-state index contributed by atoms with van der Waals surface area (Å²) in [6.07, 6.45) is 4.06. The highest BCUT2D eigenvalue weighted by Gasteiger charge is 2.21. The lowest BCUT2D eigenvalue weighted by Gasteiger charge is -2.21. The molecule has 21 heteroatoms. The number of nitrogens with one attached hydrogen (secondary N) is 4. The summed E-state index contributed by atoms with van der Waals surface area (Å²) in [5.41, 5.74) is 13.6. The molecule has 0 aliphatic carbocycles. The molecule has 3 heterocycles. The minimum absolute atomic E-state index is 0.241. The second kappa shape index (κ2) is 26.8. The Bertz CT molecular complexity index is 5510. The fourth-order valence-electron chi connectivity index (χ4n) is 9.88. The highest BCUT2D eigenvalue weighted by Crippen LogP contribution is 2.34. The number of sulfone groups is 3. The first kappa shape index (κ1) is 65.5. The van der Waals surface area contributed by atoms with Crippen molar-refractivity contribution < 1.29 is 43.9 Å². The Morgan fingerprint density at radius 2 is 0.753 bits per heavy atom. The van der Waals surface area contributed by atoms with Gasteiger partial charge in [-0.2, -0.15) is 0 Å². The van der Waals surface area contributed by atoms with E-state index in [-0.39, 0.29) is 14.7 Å². The lowest BCUT2D eigenvalue weighted by atomic mass is 9.89. The molecule has 1 unspecified atom stereocenters. The number of H-pyrrole nitrogens is 3. The van der Waals surface area contributed by atoms with E-state index in [0.717, 1.165) is 90.1 Å². The zero-order valence-electron chi connectivity index (χ0n) is 51.3. The third-order valence-electron chi connectivity index (χ3n) is 14.4. The largest absolute Gasteiger partial charge is 0.389 e. The van der Waals surface area contributed by atoms with Crippen molar-refractivity contribution in [2.24, 2.45) is 0 Å². The van der Waals surface area contributed by atoms with Crippen molar-refractivity contribution in [3.05, 3.63) is 245 Å². The minimum atomic E-state index is -3.41. The van der Waals surface area contributed by atoms with Crippen molar-refractivity contribution in [3.8, 4) is 68.9 Å². The van der Waals surface area contributed by atoms with E-state index in [1.54, 1.807) is 93.6 Å². The number of hydrogen-bond donors (Lipinski definition) is 6. The number of anilines is 1. The molecule has 0 fully saturated rings. The lowest BCUT2D eigenvalue weighted by Crippen LogP contribution is -2.16. The number of nitrogens with zero attached hydrogens (tertiary/aromatic N) is 3. The Balaban J connectivity index is 0.000000153. The van der Waals surface area contributed by atoms with E-state index in [0.29, 0.717) is 39.9 Å². The van der Waals surface area contributed by atoms with Crippen LogP contribution in [-0.2, 0) is 45.1 Å². The Labute approximate surface area is 539 Å². The van der Waals surface area contributed by atoms with Gasteiger partial charge in [0, 0.05) is 41.0 Å². The summed E-state index contributed by atoms with van der Waals surface area (Å²) in [4.78, 5) is 23.9. The monoisotopic (exact) mass is 1310 g/mol. The van der Waals surface area contributed by atoms with Crippen LogP contribution in [0.4, 0.5) is 5.69 Å². The number of sulfonamides is 1. The molecule has 0 bridgehead atoms. The maximum Gasteiger partial charge on any atom is 0.229 e. The van der Waals surface area contributed by atoms with E-state index in [9.17, 15) is 43.9 Å². The fourth-order valence-corrected chi connectivity index (χ4v) is 12.3. The number of aromatic amines is 3. The molecule has 0 radical (unpaired) electrons. The molecule has 0 aliphatic rings. The van der Waals surface area contributed by atoms with Crippen LogP contribution in [0.1, 0.15) is 72.2 Å². The smallest absolute Gasteiger partial charge is 0.229 e. The fraction of sp³-hybridized carbons (Fsp3) is 0.125. The van der Waals surface area contributed by atoms with Crippen LogP contribution >= 0.6 is 0 Å². The predicted octanol–water partition coefficient (Wildman–Crippen LogP) is 11.8. The molecule has 9 aromatic carbocycles. The predicted molar refractivity (Wildman–Crippen MR) is 366 cm³/mol. The SMILES string of the molecule is CC(C)(O)c1ccccc1-c1ccc2nc(C#Cc3ccc(S(C)(=O)=O)cc3)[nH]c2c1.CC(O)c1ccccc1-c1ccc2nc(C#Cc3ccc(S(C)(=O)=O)cc3)[nH]c2c1.CS(=O)(=O)Nc1ccccc1-c1ccc2nc(C#Cc3ccc(S(C)(=O)=O)cc3)[nH]c2c1. The van der Waals surface area contributed by atoms with Crippen LogP contribution < -0.4 is 4.72 Å². The van der Waals surface area contributed by atoms with Gasteiger partial charge in [-0.05, 0) is 193 Å². The first-order chi connectivity index (χ1) is 44.0. The molecule has 1 atom stereocenters. The highest BCUT2D eigenvalue weighted by atomic mass is 32.2. The molecule has 0 spiro atoms. The van der Waals surface area contributed by atoms with Gasteiger partial charge in [-0.3, -0.25) is 4.72 Å². The molecule has 93 heavy (non-hydrogen) atoms. The second-order valence-electron chi connectivity index (χ2n) is 22.4. The lowest BCUT2D eigenvalue weighted by molar-refractivity contribution is 0.0792. The summed E-state index contributed by atoms with van der Waals surface area (Å²) in [7, 11) is -13.1. The number of rotatable bonds is 10. The molecule has 17 nitrogen and oxygen atoms in total. The van der Waals surface area contributed by atoms with Gasteiger partial charge in [-0.25, -0.2) is 48.6 Å². The van der Waals surface area contributed by atoms with Crippen LogP contribution in [0.3, 0.4) is 0 Å². The molecular weight excluding hydrogens is 1250 g/mol. The number of fused-ring (bicyclic) bond motifs is 3. The summed E-state index contributed by atoms with van der Waals surface area (Å²) >= 11 is 0. The van der Waals surface area contributed by atoms with Crippen molar-refractivity contribution in [3.63, 3.8) is 0 Å². The van der Waals surface area contributed by atoms with E-state index >= 15 is 0 Å². The Hall–Kier alpha value is -10.4. The number of para-hydroxylation sites is 1. The molecular formula is C72H61N7O10S4. The maximum atomic E-state index is 11.7. The van der Waals surface area contributed by atoms with Crippen molar-refractivity contribution in [1.29, 1.82) is 0 Å². The first-order valence-electron chi connectivity index (χ1n) is 28.6. The summed E-state index contributed by atoms with van der Waals surface area (Å²) in [5.74, 6) is 19.4. The average molecular weight is 1310 g/mol. The van der Waals surface area contributed by atoms with Gasteiger partial charge in [0.05, 0.1) is 71.4 Å². The number of aromatic nitrogens is 6. The van der Waals surface area contributed by atoms with Gasteiger partial charge < -0.3 is 25.2 Å². The van der Waals surface area contributed by atoms with Gasteiger partial charge in [0.2, 0.25) is 10.0 Å². The quantitative estimate of drug-likeness (QED) is 0.0696. The van der Waals surface area contributed by atoms with E-state index < -0.39 is 51.2 Å². The Kier molecular flexibility index (Phi) is 18.9. The summed E-state index contributed by atoms with van der Waals surface area (Å²) in [6.45, 7) is 5.30. The van der Waals surface area contributed by atoms with E-state index in [4.69, 9.17) is 0 Å². The zero-order valence-corrected chi connectivity index (χ0v) is 54.5. The van der Waals surface area contributed by atoms with Gasteiger partial charge in [0.1, 0.15) is 0 Å². The average Bonchev–Trinajstić information content (AvgIpc) is 1.87. The zero-order chi connectivity index (χ0) is 66.5. The molecule has 3 aromatic heterocycles. The van der Waals surface area contributed by atoms with Crippen molar-refractivity contribution in [1.82, 2.24) is 29.9 Å². The number of aliphatic hydroxyl groups is 2. The summed E-state index contributed by atoms with van der Waals surface area (Å²) in [5, 5.41) is 20.6. The van der Waals surface area contributed by atoms with Gasteiger partial charge in [0.15, 0.2) is 47.0 Å². The van der Waals surface area contributed by atoms with Crippen LogP contribution in [0, 0.1) is 35.5 Å². The van der Waals surface area contributed by atoms with Gasteiger partial charge >= 0.3 is 0 Å². The molecule has 0 aliphatic heterocycles. The normalized spacial score (nSPS) is 12.0. The standard InChI is InChI=1S/C25H22N2O3S.C24H20N2O3S.C23H19N3O4S2/c1-25(2,28)21-7-5-4-6-20(21)18-11-14-22-23(16-18)27-24(26-22)15-10-17-8-12-19(13-9-17)31(3,29)30;1-16(27)20-5-3-4-6-21(20)18-10-13-22-23(15-18)26-24(25-22)14-9-17-7-11-19(12-8-17)30(2,28)29;1-31(27,28)18-11-7-16(8-12-18)9-14-23-24-21-13-10-17(15-22(21)25-23)19-5-3-4-6-20(19)26-32(2,29)30/h4-9,11-14,16,28H,1-3H3,(H,26,27);3-8,10-13,15-16,27H,1-2H3,(H,25,26);3-8,10-13,15,26H,1-2H3,(H,24,25). The summed E-state index contributed by atoms with van der Waals surface area (Å²) < 4.78 is 95.2. The Morgan fingerprint density at radius 1 is 0.419 bits per heavy atom. The Morgan fingerprint density at radius 3 is 1.12 bits per heavy atom. The molecule has 12 rings (SSSR count). The number of imidazole rings is 3. The summed E-state index contributed by atoms with van der Waals surface area (Å²) in [6, 6.07) is 59.3.